The van der Waals surface area contributed by atoms with Gasteiger partial charge in [-0.05, 0) is 37.6 Å². The molecule has 1 aliphatic rings. The Morgan fingerprint density at radius 1 is 1.35 bits per heavy atom. The van der Waals surface area contributed by atoms with Crippen molar-refractivity contribution in [3.63, 3.8) is 0 Å². The van der Waals surface area contributed by atoms with Crippen LogP contribution in [0.1, 0.15) is 36.7 Å². The smallest absolute Gasteiger partial charge is 0.302 e. The van der Waals surface area contributed by atoms with Gasteiger partial charge in [-0.25, -0.2) is 0 Å². The number of ether oxygens (including phenoxy) is 2. The third-order valence-corrected chi connectivity index (χ3v) is 3.74. The molecule has 1 aliphatic heterocycles. The van der Waals surface area contributed by atoms with Gasteiger partial charge in [0.25, 0.3) is 5.91 Å². The van der Waals surface area contributed by atoms with Crippen LogP contribution < -0.4 is 10.1 Å². The van der Waals surface area contributed by atoms with E-state index in [2.05, 4.69) is 10.3 Å². The highest BCUT2D eigenvalue weighted by atomic mass is 32.2. The van der Waals surface area contributed by atoms with Gasteiger partial charge in [0.2, 0.25) is 0 Å². The van der Waals surface area contributed by atoms with Gasteiger partial charge in [-0.3, -0.25) is 14.6 Å². The molecule has 7 heteroatoms. The molecule has 0 atom stereocenters. The molecule has 124 valence electrons. The largest absolute Gasteiger partial charge is 0.491 e. The molecule has 1 aromatic rings. The van der Waals surface area contributed by atoms with Gasteiger partial charge >= 0.3 is 5.97 Å². The fourth-order valence-electron chi connectivity index (χ4n) is 1.98. The maximum Gasteiger partial charge on any atom is 0.302 e. The van der Waals surface area contributed by atoms with Crippen molar-refractivity contribution in [3.8, 4) is 5.75 Å². The molecule has 1 heterocycles. The molecule has 6 nitrogen and oxygen atoms in total. The minimum atomic E-state index is -0.372. The van der Waals surface area contributed by atoms with Crippen molar-refractivity contribution in [2.75, 3.05) is 12.3 Å². The molecule has 0 unspecified atom stereocenters. The molecule has 1 aromatic carbocycles. The number of hydrogen-bond donors (Lipinski definition) is 1. The van der Waals surface area contributed by atoms with Gasteiger partial charge in [0.15, 0.2) is 5.17 Å². The van der Waals surface area contributed by atoms with Gasteiger partial charge in [-0.2, -0.15) is 0 Å². The molecule has 0 aliphatic carbocycles. The van der Waals surface area contributed by atoms with Crippen molar-refractivity contribution in [3.05, 3.63) is 29.3 Å². The number of thioether (sulfide) groups is 1. The third-order valence-electron chi connectivity index (χ3n) is 2.85. The van der Waals surface area contributed by atoms with E-state index in [0.717, 1.165) is 5.75 Å². The summed E-state index contributed by atoms with van der Waals surface area (Å²) < 4.78 is 10.7. The monoisotopic (exact) mass is 336 g/mol. The second kappa shape index (κ2) is 8.01. The Morgan fingerprint density at radius 3 is 2.74 bits per heavy atom. The van der Waals surface area contributed by atoms with E-state index in [0.29, 0.717) is 28.6 Å². The SMILES string of the molecule is CC(=O)OCc1cc(OC(C)C)cc(C(=O)NC2=NCCS2)c1. The van der Waals surface area contributed by atoms with E-state index in [1.165, 1.54) is 18.7 Å². The van der Waals surface area contributed by atoms with Crippen molar-refractivity contribution < 1.29 is 19.1 Å². The Hall–Kier alpha value is -2.02. The number of esters is 1. The number of nitrogens with one attached hydrogen (secondary N) is 1. The van der Waals surface area contributed by atoms with E-state index in [9.17, 15) is 9.59 Å². The molecule has 0 saturated carbocycles. The van der Waals surface area contributed by atoms with Crippen LogP contribution in [0, 0.1) is 0 Å². The second-order valence-electron chi connectivity index (χ2n) is 5.30. The number of benzene rings is 1. The van der Waals surface area contributed by atoms with E-state index >= 15 is 0 Å². The van der Waals surface area contributed by atoms with Gasteiger partial charge in [-0.1, -0.05) is 11.8 Å². The van der Waals surface area contributed by atoms with Crippen LogP contribution >= 0.6 is 11.8 Å². The summed E-state index contributed by atoms with van der Waals surface area (Å²) in [5, 5.41) is 3.41. The molecule has 0 spiro atoms. The van der Waals surface area contributed by atoms with Crippen LogP contribution in [0.4, 0.5) is 0 Å². The first-order valence-electron chi connectivity index (χ1n) is 7.36. The predicted molar refractivity (Wildman–Crippen MR) is 89.9 cm³/mol. The number of carbonyl (C=O) groups is 2. The summed E-state index contributed by atoms with van der Waals surface area (Å²) in [7, 11) is 0. The Labute approximate surface area is 139 Å². The van der Waals surface area contributed by atoms with E-state index in [4.69, 9.17) is 9.47 Å². The Balaban J connectivity index is 2.19. The zero-order valence-electron chi connectivity index (χ0n) is 13.4. The summed E-state index contributed by atoms with van der Waals surface area (Å²) in [6.45, 7) is 5.97. The minimum Gasteiger partial charge on any atom is -0.491 e. The number of carbonyl (C=O) groups excluding carboxylic acids is 2. The lowest BCUT2D eigenvalue weighted by Gasteiger charge is -2.13. The van der Waals surface area contributed by atoms with Gasteiger partial charge in [-0.15, -0.1) is 0 Å². The van der Waals surface area contributed by atoms with E-state index in [1.54, 1.807) is 18.2 Å². The minimum absolute atomic E-state index is 0.0235. The van der Waals surface area contributed by atoms with Crippen LogP contribution in [0.2, 0.25) is 0 Å². The molecular formula is C16H20N2O4S. The van der Waals surface area contributed by atoms with Crippen LogP contribution in [0.25, 0.3) is 0 Å². The van der Waals surface area contributed by atoms with Gasteiger partial charge in [0, 0.05) is 18.2 Å². The lowest BCUT2D eigenvalue weighted by molar-refractivity contribution is -0.142. The highest BCUT2D eigenvalue weighted by Crippen LogP contribution is 2.20. The normalized spacial score (nSPS) is 13.7. The van der Waals surface area contributed by atoms with Gasteiger partial charge in [0.1, 0.15) is 12.4 Å². The average molecular weight is 336 g/mol. The Bertz CT molecular complexity index is 629. The average Bonchev–Trinajstić information content (AvgIpc) is 2.97. The van der Waals surface area contributed by atoms with Crippen LogP contribution in [-0.4, -0.2) is 35.4 Å². The lowest BCUT2D eigenvalue weighted by Crippen LogP contribution is -2.27. The van der Waals surface area contributed by atoms with E-state index in [-0.39, 0.29) is 24.6 Å². The first-order valence-corrected chi connectivity index (χ1v) is 8.35. The van der Waals surface area contributed by atoms with Crippen molar-refractivity contribution in [2.24, 2.45) is 4.99 Å². The molecule has 1 N–H and O–H groups in total. The van der Waals surface area contributed by atoms with Crippen molar-refractivity contribution in [1.82, 2.24) is 5.32 Å². The number of amidine groups is 1. The van der Waals surface area contributed by atoms with Crippen LogP contribution in [-0.2, 0) is 16.1 Å². The van der Waals surface area contributed by atoms with E-state index in [1.807, 2.05) is 13.8 Å². The maximum atomic E-state index is 12.4. The molecule has 23 heavy (non-hydrogen) atoms. The summed E-state index contributed by atoms with van der Waals surface area (Å²) in [5.74, 6) is 0.819. The summed E-state index contributed by atoms with van der Waals surface area (Å²) >= 11 is 1.52. The molecular weight excluding hydrogens is 316 g/mol. The Morgan fingerprint density at radius 2 is 2.13 bits per heavy atom. The number of rotatable bonds is 5. The molecule has 0 aromatic heterocycles. The zero-order chi connectivity index (χ0) is 16.8. The van der Waals surface area contributed by atoms with Gasteiger partial charge in [0.05, 0.1) is 12.6 Å². The zero-order valence-corrected chi connectivity index (χ0v) is 14.2. The number of amides is 1. The fourth-order valence-corrected chi connectivity index (χ4v) is 2.70. The van der Waals surface area contributed by atoms with Crippen molar-refractivity contribution >= 4 is 28.8 Å². The standard InChI is InChI=1S/C16H20N2O4S/c1-10(2)22-14-7-12(9-21-11(3)19)6-13(8-14)15(20)18-16-17-4-5-23-16/h6-8,10H,4-5,9H2,1-3H3,(H,17,18,20). The fraction of sp³-hybridized carbons (Fsp3) is 0.438. The maximum absolute atomic E-state index is 12.4. The summed E-state index contributed by atoms with van der Waals surface area (Å²) in [5.41, 5.74) is 1.14. The first-order chi connectivity index (χ1) is 10.9. The van der Waals surface area contributed by atoms with Crippen LogP contribution in [0.3, 0.4) is 0 Å². The molecule has 0 saturated heterocycles. The molecule has 0 fully saturated rings. The lowest BCUT2D eigenvalue weighted by atomic mass is 10.1. The molecule has 2 rings (SSSR count). The molecule has 1 amide bonds. The second-order valence-corrected chi connectivity index (χ2v) is 6.39. The van der Waals surface area contributed by atoms with E-state index < -0.39 is 0 Å². The summed E-state index contributed by atoms with van der Waals surface area (Å²) in [4.78, 5) is 27.5. The number of nitrogens with zero attached hydrogens (tertiary/aromatic N) is 1. The molecule has 0 radical (unpaired) electrons. The number of aliphatic imine (C=N–C) groups is 1. The van der Waals surface area contributed by atoms with Crippen LogP contribution in [0.15, 0.2) is 23.2 Å². The van der Waals surface area contributed by atoms with Crippen LogP contribution in [0.5, 0.6) is 5.75 Å². The highest BCUT2D eigenvalue weighted by molar-refractivity contribution is 8.14. The van der Waals surface area contributed by atoms with Crippen molar-refractivity contribution in [2.45, 2.75) is 33.5 Å². The highest BCUT2D eigenvalue weighted by Gasteiger charge is 2.15. The summed E-state index contributed by atoms with van der Waals surface area (Å²) in [6.07, 6.45) is -0.0235. The first kappa shape index (κ1) is 17.3. The summed E-state index contributed by atoms with van der Waals surface area (Å²) in [6, 6.07) is 5.12. The van der Waals surface area contributed by atoms with Gasteiger partial charge < -0.3 is 14.8 Å². The quantitative estimate of drug-likeness (QED) is 0.835. The molecule has 0 bridgehead atoms. The Kier molecular flexibility index (Phi) is 6.04. The number of hydrogen-bond acceptors (Lipinski definition) is 6. The predicted octanol–water partition coefficient (Wildman–Crippen LogP) is 2.37. The topological polar surface area (TPSA) is 77.0 Å². The van der Waals surface area contributed by atoms with Crippen molar-refractivity contribution in [1.29, 1.82) is 0 Å². The third kappa shape index (κ3) is 5.59.